The molecule has 4 nitrogen and oxygen atoms in total. The van der Waals surface area contributed by atoms with E-state index in [0.717, 1.165) is 53.8 Å². The minimum atomic E-state index is -0.864. The highest BCUT2D eigenvalue weighted by Crippen LogP contribution is 2.45. The van der Waals surface area contributed by atoms with Crippen LogP contribution in [0.25, 0.3) is 0 Å². The van der Waals surface area contributed by atoms with Crippen molar-refractivity contribution in [3.63, 3.8) is 0 Å². The molecule has 0 bridgehead atoms. The average molecular weight is 494 g/mol. The van der Waals surface area contributed by atoms with Crippen LogP contribution >= 0.6 is 11.8 Å². The summed E-state index contributed by atoms with van der Waals surface area (Å²) in [6.45, 7) is 2.82. The van der Waals surface area contributed by atoms with Crippen LogP contribution in [0.5, 0.6) is 5.75 Å². The molecular weight excluding hydrogens is 459 g/mol. The lowest BCUT2D eigenvalue weighted by Crippen LogP contribution is -2.51. The summed E-state index contributed by atoms with van der Waals surface area (Å²) in [6.07, 6.45) is 1.87. The molecule has 4 rings (SSSR count). The molecule has 0 saturated carbocycles. The number of likely N-dealkylation sites (tertiary alicyclic amines) is 1. The largest absolute Gasteiger partial charge is 0.494 e. The fourth-order valence-electron chi connectivity index (χ4n) is 5.65. The molecule has 3 aromatic carbocycles. The number of carbonyl (C=O) groups excluding carboxylic acids is 1. The van der Waals surface area contributed by atoms with E-state index in [9.17, 15) is 9.18 Å². The van der Waals surface area contributed by atoms with Crippen molar-refractivity contribution in [2.24, 2.45) is 11.7 Å². The maximum atomic E-state index is 14.5. The molecule has 3 aromatic rings. The summed E-state index contributed by atoms with van der Waals surface area (Å²) >= 11 is 1.52. The van der Waals surface area contributed by atoms with E-state index in [4.69, 9.17) is 10.5 Å². The van der Waals surface area contributed by atoms with Crippen molar-refractivity contribution >= 4 is 17.7 Å². The molecule has 1 heterocycles. The highest BCUT2D eigenvalue weighted by Gasteiger charge is 2.53. The van der Waals surface area contributed by atoms with Crippen molar-refractivity contribution < 1.29 is 18.4 Å². The summed E-state index contributed by atoms with van der Waals surface area (Å²) in [5, 5.41) is 0. The molecular formula is C29H34FN2O2S+. The van der Waals surface area contributed by atoms with E-state index in [2.05, 4.69) is 7.05 Å². The molecule has 1 aliphatic heterocycles. The Morgan fingerprint density at radius 3 is 2.26 bits per heavy atom. The zero-order chi connectivity index (χ0) is 24.9. The summed E-state index contributed by atoms with van der Waals surface area (Å²) in [6, 6.07) is 25.2. The van der Waals surface area contributed by atoms with Crippen molar-refractivity contribution in [2.75, 3.05) is 39.5 Å². The van der Waals surface area contributed by atoms with Gasteiger partial charge in [0.1, 0.15) is 5.41 Å². The van der Waals surface area contributed by atoms with E-state index < -0.39 is 5.41 Å². The predicted molar refractivity (Wildman–Crippen MR) is 140 cm³/mol. The summed E-state index contributed by atoms with van der Waals surface area (Å²) in [4.78, 5) is 13.9. The summed E-state index contributed by atoms with van der Waals surface area (Å²) in [7, 11) is 3.75. The van der Waals surface area contributed by atoms with Gasteiger partial charge < -0.3 is 15.0 Å². The van der Waals surface area contributed by atoms with Crippen LogP contribution in [0.1, 0.15) is 24.0 Å². The summed E-state index contributed by atoms with van der Waals surface area (Å²) in [5.74, 6) is 0.608. The number of halogens is 1. The number of methoxy groups -OCH3 is 1. The van der Waals surface area contributed by atoms with E-state index in [1.54, 1.807) is 12.1 Å². The summed E-state index contributed by atoms with van der Waals surface area (Å²) < 4.78 is 20.4. The van der Waals surface area contributed by atoms with Crippen LogP contribution in [0.2, 0.25) is 0 Å². The normalized spacial score (nSPS) is 20.0. The first kappa shape index (κ1) is 25.3. The molecule has 2 unspecified atom stereocenters. The summed E-state index contributed by atoms with van der Waals surface area (Å²) in [5.41, 5.74) is 7.29. The molecule has 0 aromatic heterocycles. The maximum Gasteiger partial charge on any atom is 0.233 e. The van der Waals surface area contributed by atoms with Crippen LogP contribution in [0, 0.1) is 11.7 Å². The minimum absolute atomic E-state index is 0.0956. The van der Waals surface area contributed by atoms with Crippen LogP contribution in [-0.2, 0) is 10.2 Å². The topological polar surface area (TPSA) is 52.3 Å². The number of nitrogens with two attached hydrogens (primary N) is 1. The molecule has 184 valence electrons. The molecule has 0 radical (unpaired) electrons. The molecule has 1 fully saturated rings. The van der Waals surface area contributed by atoms with Crippen LogP contribution in [0.4, 0.5) is 4.39 Å². The monoisotopic (exact) mass is 493 g/mol. The molecule has 1 aliphatic rings. The van der Waals surface area contributed by atoms with Crippen LogP contribution in [0.3, 0.4) is 0 Å². The lowest BCUT2D eigenvalue weighted by Gasteiger charge is -2.38. The Labute approximate surface area is 211 Å². The van der Waals surface area contributed by atoms with Crippen molar-refractivity contribution in [3.05, 3.63) is 95.8 Å². The fraction of sp³-hybridized carbons (Fsp3) is 0.345. The van der Waals surface area contributed by atoms with Gasteiger partial charge in [-0.2, -0.15) is 0 Å². The molecule has 0 aliphatic carbocycles. The second-order valence-corrected chi connectivity index (χ2v) is 10.8. The number of quaternary nitrogens is 1. The third-order valence-electron chi connectivity index (χ3n) is 7.39. The number of primary amides is 1. The van der Waals surface area contributed by atoms with Gasteiger partial charge in [0.15, 0.2) is 11.6 Å². The molecule has 0 spiro atoms. The first-order chi connectivity index (χ1) is 16.9. The van der Waals surface area contributed by atoms with Crippen molar-refractivity contribution in [1.82, 2.24) is 0 Å². The minimum Gasteiger partial charge on any atom is -0.494 e. The molecule has 35 heavy (non-hydrogen) atoms. The van der Waals surface area contributed by atoms with Gasteiger partial charge in [-0.05, 0) is 23.3 Å². The Balaban J connectivity index is 1.50. The number of amides is 1. The van der Waals surface area contributed by atoms with E-state index in [0.29, 0.717) is 4.90 Å². The van der Waals surface area contributed by atoms with Crippen LogP contribution in [-0.4, -0.2) is 49.9 Å². The van der Waals surface area contributed by atoms with E-state index in [1.165, 1.54) is 18.9 Å². The Kier molecular flexibility index (Phi) is 7.82. The number of nitrogens with zero attached hydrogens (tertiary/aromatic N) is 1. The number of benzene rings is 3. The number of rotatable bonds is 10. The van der Waals surface area contributed by atoms with Gasteiger partial charge in [-0.15, -0.1) is 11.8 Å². The predicted octanol–water partition coefficient (Wildman–Crippen LogP) is 5.25. The molecule has 1 amide bonds. The molecule has 2 N–H and O–H groups in total. The second-order valence-electron chi connectivity index (χ2n) is 9.61. The standard InChI is InChI=1S/C29H33FN2O2S/c1-32(18-10-20-35-26-16-9-15-25(34-2)27(26)30)19-17-24(21-32)29(28(31)33,22-11-5-3-6-12-22)23-13-7-4-8-14-23/h3-9,11-16,24H,10,17-21H2,1-2H3,(H-,31,33)/p+1. The van der Waals surface area contributed by atoms with Crippen LogP contribution in [0.15, 0.2) is 83.8 Å². The van der Waals surface area contributed by atoms with Crippen molar-refractivity contribution in [1.29, 1.82) is 0 Å². The second kappa shape index (κ2) is 10.8. The number of carbonyl (C=O) groups is 1. The lowest BCUT2D eigenvalue weighted by atomic mass is 9.64. The molecule has 2 atom stereocenters. The first-order valence-corrected chi connectivity index (χ1v) is 13.1. The zero-order valence-electron chi connectivity index (χ0n) is 20.5. The quantitative estimate of drug-likeness (QED) is 0.238. The number of ether oxygens (including phenoxy) is 1. The fourth-order valence-corrected chi connectivity index (χ4v) is 6.55. The van der Waals surface area contributed by atoms with Crippen molar-refractivity contribution in [3.8, 4) is 5.75 Å². The Hall–Kier alpha value is -2.83. The highest BCUT2D eigenvalue weighted by atomic mass is 32.2. The number of hydrogen-bond donors (Lipinski definition) is 1. The zero-order valence-corrected chi connectivity index (χ0v) is 21.3. The van der Waals surface area contributed by atoms with Gasteiger partial charge in [-0.25, -0.2) is 4.39 Å². The third-order valence-corrected chi connectivity index (χ3v) is 8.50. The van der Waals surface area contributed by atoms with Gasteiger partial charge in [0.25, 0.3) is 0 Å². The molecule has 1 saturated heterocycles. The maximum absolute atomic E-state index is 14.5. The highest BCUT2D eigenvalue weighted by molar-refractivity contribution is 7.99. The molecule has 6 heteroatoms. The third kappa shape index (κ3) is 5.09. The number of thioether (sulfide) groups is 1. The first-order valence-electron chi connectivity index (χ1n) is 12.1. The van der Waals surface area contributed by atoms with Gasteiger partial charge >= 0.3 is 0 Å². The Bertz CT molecular complexity index is 1100. The lowest BCUT2D eigenvalue weighted by molar-refractivity contribution is -0.899. The number of hydrogen-bond acceptors (Lipinski definition) is 3. The Morgan fingerprint density at radius 1 is 1.06 bits per heavy atom. The smallest absolute Gasteiger partial charge is 0.233 e. The van der Waals surface area contributed by atoms with Gasteiger partial charge in [0.05, 0.1) is 33.8 Å². The van der Waals surface area contributed by atoms with Crippen molar-refractivity contribution in [2.45, 2.75) is 23.2 Å². The van der Waals surface area contributed by atoms with E-state index in [-0.39, 0.29) is 23.4 Å². The average Bonchev–Trinajstić information content (AvgIpc) is 3.26. The van der Waals surface area contributed by atoms with Gasteiger partial charge in [0.2, 0.25) is 5.91 Å². The Morgan fingerprint density at radius 2 is 1.69 bits per heavy atom. The SMILES string of the molecule is COc1cccc(SCCC[N+]2(C)CCC(C(C(N)=O)(c3ccccc3)c3ccccc3)C2)c1F. The van der Waals surface area contributed by atoms with Gasteiger partial charge in [-0.3, -0.25) is 4.79 Å². The van der Waals surface area contributed by atoms with Gasteiger partial charge in [-0.1, -0.05) is 66.7 Å². The van der Waals surface area contributed by atoms with Crippen LogP contribution < -0.4 is 10.5 Å². The van der Waals surface area contributed by atoms with Gasteiger partial charge in [0, 0.05) is 29.4 Å². The van der Waals surface area contributed by atoms with E-state index in [1.807, 2.05) is 66.7 Å². The van der Waals surface area contributed by atoms with E-state index >= 15 is 0 Å².